The lowest BCUT2D eigenvalue weighted by Crippen LogP contribution is -2.54. The molecule has 116 valence electrons. The second-order valence-electron chi connectivity index (χ2n) is 7.76. The van der Waals surface area contributed by atoms with Gasteiger partial charge in [-0.2, -0.15) is 0 Å². The minimum atomic E-state index is 0.726. The van der Waals surface area contributed by atoms with E-state index in [1.807, 2.05) is 0 Å². The molecule has 0 bridgehead atoms. The molecule has 1 atom stereocenters. The summed E-state index contributed by atoms with van der Waals surface area (Å²) in [4.78, 5) is 5.19. The standard InChI is InChI=1S/C17H33N3/c1-13(2)16(20-10-8-19(3)9-11-20)12-18-17(14-4-5-14)15-6-7-15/h13-18H,4-12H2,1-3H3. The highest BCUT2D eigenvalue weighted by atomic mass is 15.3. The number of nitrogens with zero attached hydrogens (tertiary/aromatic N) is 2. The van der Waals surface area contributed by atoms with Crippen molar-refractivity contribution in [1.82, 2.24) is 15.1 Å². The van der Waals surface area contributed by atoms with Gasteiger partial charge in [0.25, 0.3) is 0 Å². The van der Waals surface area contributed by atoms with E-state index in [4.69, 9.17) is 0 Å². The molecule has 3 nitrogen and oxygen atoms in total. The molecular weight excluding hydrogens is 246 g/mol. The van der Waals surface area contributed by atoms with Crippen molar-refractivity contribution in [2.24, 2.45) is 17.8 Å². The highest BCUT2D eigenvalue weighted by Gasteiger charge is 2.41. The summed E-state index contributed by atoms with van der Waals surface area (Å²) in [7, 11) is 2.25. The maximum absolute atomic E-state index is 3.98. The summed E-state index contributed by atoms with van der Waals surface area (Å²) >= 11 is 0. The van der Waals surface area contributed by atoms with E-state index in [0.717, 1.165) is 29.8 Å². The molecular formula is C17H33N3. The van der Waals surface area contributed by atoms with Crippen molar-refractivity contribution < 1.29 is 0 Å². The van der Waals surface area contributed by atoms with Crippen LogP contribution in [0, 0.1) is 17.8 Å². The van der Waals surface area contributed by atoms with Crippen LogP contribution in [0.15, 0.2) is 0 Å². The molecule has 1 unspecified atom stereocenters. The van der Waals surface area contributed by atoms with E-state index in [9.17, 15) is 0 Å². The first-order valence-corrected chi connectivity index (χ1v) is 8.81. The maximum atomic E-state index is 3.98. The molecule has 3 fully saturated rings. The number of piperazine rings is 1. The van der Waals surface area contributed by atoms with Gasteiger partial charge in [-0.1, -0.05) is 13.8 Å². The van der Waals surface area contributed by atoms with E-state index in [0.29, 0.717) is 0 Å². The first-order valence-electron chi connectivity index (χ1n) is 8.81. The van der Waals surface area contributed by atoms with E-state index >= 15 is 0 Å². The Morgan fingerprint density at radius 1 is 0.950 bits per heavy atom. The van der Waals surface area contributed by atoms with Gasteiger partial charge >= 0.3 is 0 Å². The third-order valence-electron chi connectivity index (χ3n) is 5.60. The van der Waals surface area contributed by atoms with Gasteiger partial charge in [0.05, 0.1) is 0 Å². The molecule has 0 aromatic rings. The summed E-state index contributed by atoms with van der Waals surface area (Å²) in [5, 5.41) is 3.98. The Morgan fingerprint density at radius 2 is 1.50 bits per heavy atom. The van der Waals surface area contributed by atoms with Crippen LogP contribution >= 0.6 is 0 Å². The van der Waals surface area contributed by atoms with Crippen LogP contribution in [-0.2, 0) is 0 Å². The minimum absolute atomic E-state index is 0.726. The molecule has 1 heterocycles. The molecule has 1 N–H and O–H groups in total. The van der Waals surface area contributed by atoms with Gasteiger partial charge in [0.1, 0.15) is 0 Å². The van der Waals surface area contributed by atoms with Crippen molar-refractivity contribution in [3.8, 4) is 0 Å². The second kappa shape index (κ2) is 6.33. The zero-order valence-corrected chi connectivity index (χ0v) is 13.6. The van der Waals surface area contributed by atoms with Gasteiger partial charge in [-0.15, -0.1) is 0 Å². The van der Waals surface area contributed by atoms with Crippen molar-refractivity contribution in [1.29, 1.82) is 0 Å². The van der Waals surface area contributed by atoms with Crippen LogP contribution in [0.25, 0.3) is 0 Å². The van der Waals surface area contributed by atoms with E-state index in [-0.39, 0.29) is 0 Å². The van der Waals surface area contributed by atoms with Crippen molar-refractivity contribution in [3.05, 3.63) is 0 Å². The summed E-state index contributed by atoms with van der Waals surface area (Å²) in [6.45, 7) is 11.0. The van der Waals surface area contributed by atoms with Crippen LogP contribution in [0.5, 0.6) is 0 Å². The minimum Gasteiger partial charge on any atom is -0.312 e. The summed E-state index contributed by atoms with van der Waals surface area (Å²) in [5.74, 6) is 2.79. The number of nitrogens with one attached hydrogen (secondary N) is 1. The predicted molar refractivity (Wildman–Crippen MR) is 84.9 cm³/mol. The van der Waals surface area contributed by atoms with Gasteiger partial charge in [-0.05, 0) is 50.5 Å². The lowest BCUT2D eigenvalue weighted by molar-refractivity contribution is 0.0849. The molecule has 0 aromatic carbocycles. The van der Waals surface area contributed by atoms with Gasteiger partial charge in [-0.3, -0.25) is 4.90 Å². The number of likely N-dealkylation sites (N-methyl/N-ethyl adjacent to an activating group) is 1. The molecule has 0 amide bonds. The smallest absolute Gasteiger partial charge is 0.0244 e. The summed E-state index contributed by atoms with van der Waals surface area (Å²) in [5.41, 5.74) is 0. The highest BCUT2D eigenvalue weighted by Crippen LogP contribution is 2.44. The fourth-order valence-electron chi connectivity index (χ4n) is 3.83. The zero-order valence-electron chi connectivity index (χ0n) is 13.6. The lowest BCUT2D eigenvalue weighted by Gasteiger charge is -2.40. The Kier molecular flexibility index (Phi) is 4.68. The Morgan fingerprint density at radius 3 is 1.95 bits per heavy atom. The Bertz CT molecular complexity index is 289. The molecule has 3 aliphatic rings. The number of rotatable bonds is 7. The molecule has 0 radical (unpaired) electrons. The topological polar surface area (TPSA) is 18.5 Å². The molecule has 3 rings (SSSR count). The molecule has 3 heteroatoms. The fourth-order valence-corrected chi connectivity index (χ4v) is 3.83. The number of hydrogen-bond donors (Lipinski definition) is 1. The number of hydrogen-bond acceptors (Lipinski definition) is 3. The Labute approximate surface area is 125 Å². The molecule has 2 aliphatic carbocycles. The summed E-state index contributed by atoms with van der Waals surface area (Å²) in [6, 6.07) is 1.58. The fraction of sp³-hybridized carbons (Fsp3) is 1.00. The van der Waals surface area contributed by atoms with Crippen molar-refractivity contribution in [2.75, 3.05) is 39.8 Å². The SMILES string of the molecule is CC(C)C(CNC(C1CC1)C1CC1)N1CCN(C)CC1. The van der Waals surface area contributed by atoms with Gasteiger partial charge in [0, 0.05) is 44.8 Å². The van der Waals surface area contributed by atoms with Crippen LogP contribution in [0.2, 0.25) is 0 Å². The molecule has 2 saturated carbocycles. The van der Waals surface area contributed by atoms with E-state index < -0.39 is 0 Å². The molecule has 0 aromatic heterocycles. The van der Waals surface area contributed by atoms with Crippen LogP contribution in [0.4, 0.5) is 0 Å². The van der Waals surface area contributed by atoms with Crippen LogP contribution in [0.3, 0.4) is 0 Å². The third kappa shape index (κ3) is 3.75. The van der Waals surface area contributed by atoms with Gasteiger partial charge < -0.3 is 10.2 Å². The molecule has 1 aliphatic heterocycles. The quantitative estimate of drug-likeness (QED) is 0.769. The largest absolute Gasteiger partial charge is 0.312 e. The normalized spacial score (nSPS) is 27.4. The highest BCUT2D eigenvalue weighted by molar-refractivity contribution is 4.97. The first kappa shape index (κ1) is 14.8. The monoisotopic (exact) mass is 279 g/mol. The van der Waals surface area contributed by atoms with Crippen LogP contribution < -0.4 is 5.32 Å². The van der Waals surface area contributed by atoms with Crippen LogP contribution in [0.1, 0.15) is 39.5 Å². The Hall–Kier alpha value is -0.120. The van der Waals surface area contributed by atoms with Crippen molar-refractivity contribution >= 4 is 0 Å². The van der Waals surface area contributed by atoms with Crippen LogP contribution in [-0.4, -0.2) is 61.7 Å². The molecule has 0 spiro atoms. The van der Waals surface area contributed by atoms with Gasteiger partial charge in [0.15, 0.2) is 0 Å². The van der Waals surface area contributed by atoms with Crippen molar-refractivity contribution in [3.63, 3.8) is 0 Å². The van der Waals surface area contributed by atoms with Crippen molar-refractivity contribution in [2.45, 2.75) is 51.6 Å². The van der Waals surface area contributed by atoms with E-state index in [1.54, 1.807) is 0 Å². The second-order valence-corrected chi connectivity index (χ2v) is 7.76. The van der Waals surface area contributed by atoms with E-state index in [1.165, 1.54) is 58.4 Å². The molecule has 1 saturated heterocycles. The summed E-state index contributed by atoms with van der Waals surface area (Å²) in [6.07, 6.45) is 5.92. The van der Waals surface area contributed by atoms with Gasteiger partial charge in [0.2, 0.25) is 0 Å². The maximum Gasteiger partial charge on any atom is 0.0244 e. The predicted octanol–water partition coefficient (Wildman–Crippen LogP) is 2.04. The summed E-state index contributed by atoms with van der Waals surface area (Å²) < 4.78 is 0. The van der Waals surface area contributed by atoms with E-state index in [2.05, 4.69) is 36.0 Å². The van der Waals surface area contributed by atoms with Gasteiger partial charge in [-0.25, -0.2) is 0 Å². The average Bonchev–Trinajstić information content (AvgIpc) is 3.27. The third-order valence-corrected chi connectivity index (χ3v) is 5.60. The first-order chi connectivity index (χ1) is 9.65. The Balaban J connectivity index is 1.51. The average molecular weight is 279 g/mol. The zero-order chi connectivity index (χ0) is 14.1. The molecule has 20 heavy (non-hydrogen) atoms. The lowest BCUT2D eigenvalue weighted by atomic mass is 9.99.